The highest BCUT2D eigenvalue weighted by atomic mass is 16.5. The van der Waals surface area contributed by atoms with Gasteiger partial charge in [0.25, 0.3) is 5.91 Å². The Balaban J connectivity index is 1.28. The Morgan fingerprint density at radius 2 is 1.75 bits per heavy atom. The van der Waals surface area contributed by atoms with Gasteiger partial charge in [-0.2, -0.15) is 0 Å². The normalized spacial score (nSPS) is 21.4. The number of carbonyl (C=O) groups excluding carboxylic acids is 2. The molecule has 0 spiro atoms. The molecule has 0 saturated carbocycles. The molecule has 0 aromatic heterocycles. The van der Waals surface area contributed by atoms with Crippen molar-refractivity contribution in [2.75, 3.05) is 20.2 Å². The predicted octanol–water partition coefficient (Wildman–Crippen LogP) is 2.64. The average Bonchev–Trinajstić information content (AvgIpc) is 3.29. The lowest BCUT2D eigenvalue weighted by molar-refractivity contribution is -0.134. The van der Waals surface area contributed by atoms with E-state index in [1.165, 1.54) is 0 Å². The van der Waals surface area contributed by atoms with Gasteiger partial charge in [0.15, 0.2) is 0 Å². The highest BCUT2D eigenvalue weighted by Crippen LogP contribution is 2.26. The highest BCUT2D eigenvalue weighted by molar-refractivity contribution is 5.94. The number of carbonyl (C=O) groups is 2. The van der Waals surface area contributed by atoms with Crippen LogP contribution in [0.5, 0.6) is 5.75 Å². The Kier molecular flexibility index (Phi) is 6.77. The molecule has 3 N–H and O–H groups in total. The van der Waals surface area contributed by atoms with Gasteiger partial charge in [0.1, 0.15) is 11.8 Å². The van der Waals surface area contributed by atoms with Crippen molar-refractivity contribution >= 4 is 11.8 Å². The number of methoxy groups -OCH3 is 1. The Bertz CT molecular complexity index is 965. The molecule has 2 aliphatic rings. The third-order valence-electron chi connectivity index (χ3n) is 6.32. The molecule has 7 nitrogen and oxygen atoms in total. The summed E-state index contributed by atoms with van der Waals surface area (Å²) in [4.78, 5) is 27.6. The van der Waals surface area contributed by atoms with E-state index in [0.29, 0.717) is 25.1 Å². The lowest BCUT2D eigenvalue weighted by Gasteiger charge is -2.33. The first-order valence-electron chi connectivity index (χ1n) is 11.3. The van der Waals surface area contributed by atoms with Gasteiger partial charge >= 0.3 is 0 Å². The number of hydrazine groups is 1. The molecule has 0 bridgehead atoms. The summed E-state index contributed by atoms with van der Waals surface area (Å²) in [5, 5.41) is 3.14. The van der Waals surface area contributed by atoms with Crippen LogP contribution >= 0.6 is 0 Å². The van der Waals surface area contributed by atoms with Gasteiger partial charge in [-0.25, -0.2) is 10.9 Å². The fourth-order valence-corrected chi connectivity index (χ4v) is 4.63. The van der Waals surface area contributed by atoms with Gasteiger partial charge in [-0.05, 0) is 62.9 Å². The van der Waals surface area contributed by atoms with E-state index >= 15 is 0 Å². The summed E-state index contributed by atoms with van der Waals surface area (Å²) < 4.78 is 5.31. The second-order valence-corrected chi connectivity index (χ2v) is 8.86. The van der Waals surface area contributed by atoms with Gasteiger partial charge in [0, 0.05) is 30.7 Å². The van der Waals surface area contributed by atoms with E-state index in [-0.39, 0.29) is 29.9 Å². The van der Waals surface area contributed by atoms with Crippen LogP contribution in [0, 0.1) is 13.8 Å². The number of amides is 2. The minimum atomic E-state index is -0.257. The summed E-state index contributed by atoms with van der Waals surface area (Å²) in [7, 11) is 1.65. The number of rotatable bonds is 5. The van der Waals surface area contributed by atoms with Crippen molar-refractivity contribution in [3.8, 4) is 5.75 Å². The van der Waals surface area contributed by atoms with Crippen LogP contribution in [0.15, 0.2) is 42.5 Å². The van der Waals surface area contributed by atoms with Gasteiger partial charge in [0.05, 0.1) is 7.11 Å². The van der Waals surface area contributed by atoms with Crippen LogP contribution in [0.2, 0.25) is 0 Å². The monoisotopic (exact) mass is 436 g/mol. The van der Waals surface area contributed by atoms with E-state index in [1.54, 1.807) is 7.11 Å². The zero-order valence-corrected chi connectivity index (χ0v) is 19.0. The number of hydrogen-bond acceptors (Lipinski definition) is 5. The minimum Gasteiger partial charge on any atom is -0.497 e. The fourth-order valence-electron chi connectivity index (χ4n) is 4.63. The number of piperidine rings is 1. The molecule has 2 atom stereocenters. The molecular formula is C25H32N4O3. The topological polar surface area (TPSA) is 82.7 Å². The van der Waals surface area contributed by atoms with Crippen molar-refractivity contribution in [3.63, 3.8) is 0 Å². The molecule has 2 fully saturated rings. The third-order valence-corrected chi connectivity index (χ3v) is 6.32. The predicted molar refractivity (Wildman–Crippen MR) is 123 cm³/mol. The van der Waals surface area contributed by atoms with Gasteiger partial charge in [-0.15, -0.1) is 0 Å². The van der Waals surface area contributed by atoms with E-state index in [4.69, 9.17) is 4.74 Å². The molecule has 7 heteroatoms. The summed E-state index contributed by atoms with van der Waals surface area (Å²) in [5.74, 6) is 0.885. The van der Waals surface area contributed by atoms with Crippen LogP contribution in [0.4, 0.5) is 0 Å². The van der Waals surface area contributed by atoms with Crippen molar-refractivity contribution in [1.82, 2.24) is 21.1 Å². The molecule has 0 aliphatic carbocycles. The van der Waals surface area contributed by atoms with Gasteiger partial charge < -0.3 is 15.0 Å². The smallest absolute Gasteiger partial charge is 0.251 e. The first-order valence-corrected chi connectivity index (χ1v) is 11.3. The van der Waals surface area contributed by atoms with Crippen LogP contribution in [0.1, 0.15) is 52.4 Å². The third kappa shape index (κ3) is 5.11. The number of benzene rings is 2. The van der Waals surface area contributed by atoms with E-state index in [9.17, 15) is 9.59 Å². The van der Waals surface area contributed by atoms with E-state index in [0.717, 1.165) is 35.3 Å². The lowest BCUT2D eigenvalue weighted by atomic mass is 9.99. The first kappa shape index (κ1) is 22.3. The van der Waals surface area contributed by atoms with Crippen molar-refractivity contribution in [3.05, 3.63) is 64.7 Å². The molecule has 2 aliphatic heterocycles. The lowest BCUT2D eigenvalue weighted by Crippen LogP contribution is -2.51. The number of hydrogen-bond donors (Lipinski definition) is 3. The summed E-state index contributed by atoms with van der Waals surface area (Å²) in [6.45, 7) is 5.30. The number of likely N-dealkylation sites (tertiary alicyclic amines) is 1. The van der Waals surface area contributed by atoms with Crippen LogP contribution in [-0.2, 0) is 4.79 Å². The van der Waals surface area contributed by atoms with Crippen LogP contribution < -0.4 is 20.9 Å². The largest absolute Gasteiger partial charge is 0.497 e. The van der Waals surface area contributed by atoms with Crippen LogP contribution in [0.3, 0.4) is 0 Å². The van der Waals surface area contributed by atoms with Crippen molar-refractivity contribution in [2.45, 2.75) is 51.2 Å². The Morgan fingerprint density at radius 1 is 1.03 bits per heavy atom. The van der Waals surface area contributed by atoms with Crippen molar-refractivity contribution in [1.29, 1.82) is 0 Å². The summed E-state index contributed by atoms with van der Waals surface area (Å²) >= 11 is 0. The Hall–Kier alpha value is -2.90. The van der Waals surface area contributed by atoms with Crippen LogP contribution in [-0.4, -0.2) is 49.0 Å². The maximum atomic E-state index is 13.0. The number of aryl methyl sites for hydroxylation is 2. The molecule has 2 amide bonds. The molecule has 2 unspecified atom stereocenters. The molecule has 4 rings (SSSR count). The molecule has 2 aromatic carbocycles. The summed E-state index contributed by atoms with van der Waals surface area (Å²) in [6, 6.07) is 13.7. The highest BCUT2D eigenvalue weighted by Gasteiger charge is 2.34. The second kappa shape index (κ2) is 9.71. The molecule has 2 heterocycles. The molecule has 2 aromatic rings. The SMILES string of the molecule is COc1cccc(C2CC(C(=O)N3CCC(NC(=O)c4cc(C)cc(C)c4)CC3)NN2)c1. The molecule has 170 valence electrons. The standard InChI is InChI=1S/C25H32N4O3/c1-16-11-17(2)13-19(12-16)24(30)26-20-7-9-29(10-8-20)25(31)23-15-22(27-28-23)18-5-4-6-21(14-18)32-3/h4-6,11-14,20,22-23,27-28H,7-10,15H2,1-3H3,(H,26,30). The molecule has 32 heavy (non-hydrogen) atoms. The fraction of sp³-hybridized carbons (Fsp3) is 0.440. The zero-order chi connectivity index (χ0) is 22.7. The Morgan fingerprint density at radius 3 is 2.44 bits per heavy atom. The zero-order valence-electron chi connectivity index (χ0n) is 19.0. The van der Waals surface area contributed by atoms with Crippen molar-refractivity contribution in [2.24, 2.45) is 0 Å². The second-order valence-electron chi connectivity index (χ2n) is 8.86. The van der Waals surface area contributed by atoms with Gasteiger partial charge in [-0.1, -0.05) is 29.3 Å². The maximum Gasteiger partial charge on any atom is 0.251 e. The quantitative estimate of drug-likeness (QED) is 0.671. The van der Waals surface area contributed by atoms with Crippen molar-refractivity contribution < 1.29 is 14.3 Å². The summed E-state index contributed by atoms with van der Waals surface area (Å²) in [5.41, 5.74) is 10.4. The summed E-state index contributed by atoms with van der Waals surface area (Å²) in [6.07, 6.45) is 2.22. The first-order chi connectivity index (χ1) is 15.4. The van der Waals surface area contributed by atoms with E-state index in [2.05, 4.69) is 22.2 Å². The Labute approximate surface area is 189 Å². The maximum absolute atomic E-state index is 13.0. The van der Waals surface area contributed by atoms with E-state index < -0.39 is 0 Å². The molecular weight excluding hydrogens is 404 g/mol. The molecule has 2 saturated heterocycles. The van der Waals surface area contributed by atoms with Gasteiger partial charge in [0.2, 0.25) is 5.91 Å². The average molecular weight is 437 g/mol. The number of nitrogens with one attached hydrogen (secondary N) is 3. The molecule has 0 radical (unpaired) electrons. The number of nitrogens with zero attached hydrogens (tertiary/aromatic N) is 1. The number of ether oxygens (including phenoxy) is 1. The van der Waals surface area contributed by atoms with E-state index in [1.807, 2.05) is 55.1 Å². The van der Waals surface area contributed by atoms with Crippen LogP contribution in [0.25, 0.3) is 0 Å². The minimum absolute atomic E-state index is 0.0376. The van der Waals surface area contributed by atoms with Gasteiger partial charge in [-0.3, -0.25) is 9.59 Å².